The number of aliphatic carboxylic acids is 2. The lowest BCUT2D eigenvalue weighted by molar-refractivity contribution is -0.135. The average Bonchev–Trinajstić information content (AvgIpc) is 2.58. The van der Waals surface area contributed by atoms with E-state index in [-0.39, 0.29) is 12.0 Å². The molecule has 0 aliphatic rings. The summed E-state index contributed by atoms with van der Waals surface area (Å²) < 4.78 is 28.7. The van der Waals surface area contributed by atoms with E-state index in [0.717, 1.165) is 0 Å². The summed E-state index contributed by atoms with van der Waals surface area (Å²) in [6.07, 6.45) is 1.27. The van der Waals surface area contributed by atoms with Crippen molar-refractivity contribution in [3.8, 4) is 0 Å². The Morgan fingerprint density at radius 2 is 1.21 bits per heavy atom. The second-order valence-electron chi connectivity index (χ2n) is 9.18. The minimum absolute atomic E-state index is 0.129. The van der Waals surface area contributed by atoms with Crippen LogP contribution in [-0.4, -0.2) is 76.7 Å². The molecule has 0 aromatic rings. The van der Waals surface area contributed by atoms with E-state index in [1.165, 1.54) is 0 Å². The van der Waals surface area contributed by atoms with Gasteiger partial charge in [-0.25, -0.2) is 9.59 Å². The van der Waals surface area contributed by atoms with Crippen LogP contribution in [0.2, 0.25) is 51.9 Å². The first-order chi connectivity index (χ1) is 15.0. The highest BCUT2D eigenvalue weighted by Gasteiger charge is 2.39. The van der Waals surface area contributed by atoms with Crippen LogP contribution >= 0.6 is 0 Å². The van der Waals surface area contributed by atoms with Crippen LogP contribution in [0.5, 0.6) is 0 Å². The molecule has 0 aromatic carbocycles. The molecular weight excluding hydrogens is 497 g/mol. The van der Waals surface area contributed by atoms with E-state index in [0.29, 0.717) is 38.4 Å². The van der Waals surface area contributed by atoms with E-state index < -0.39 is 46.7 Å². The first kappa shape index (κ1) is 34.5. The summed E-state index contributed by atoms with van der Waals surface area (Å²) in [5, 5.41) is 17.6. The van der Waals surface area contributed by atoms with Crippen molar-refractivity contribution >= 4 is 46.7 Å². The predicted octanol–water partition coefficient (Wildman–Crippen LogP) is 4.45. The largest absolute Gasteiger partial charge is 0.500 e. The molecule has 0 heterocycles. The Balaban J connectivity index is 0. The summed E-state index contributed by atoms with van der Waals surface area (Å²) in [7, 11) is -6.86. The van der Waals surface area contributed by atoms with E-state index in [1.807, 2.05) is 20.8 Å². The molecule has 0 aliphatic heterocycles. The van der Waals surface area contributed by atoms with Crippen LogP contribution in [0, 0.1) is 0 Å². The van der Waals surface area contributed by atoms with Crippen molar-refractivity contribution in [2.24, 2.45) is 0 Å². The van der Waals surface area contributed by atoms with E-state index >= 15 is 0 Å². The molecule has 0 rings (SSSR count). The molecule has 196 valence electrons. The van der Waals surface area contributed by atoms with Gasteiger partial charge in [0.25, 0.3) is 9.28 Å². The Morgan fingerprint density at radius 3 is 1.48 bits per heavy atom. The predicted molar refractivity (Wildman–Crippen MR) is 140 cm³/mol. The molecule has 2 N–H and O–H groups in total. The van der Waals surface area contributed by atoms with Gasteiger partial charge < -0.3 is 31.7 Å². The lowest BCUT2D eigenvalue weighted by Gasteiger charge is -2.28. The zero-order chi connectivity index (χ0) is 26.3. The third-order valence-electron chi connectivity index (χ3n) is 3.63. The molecule has 0 aliphatic carbocycles. The monoisotopic (exact) mass is 542 g/mol. The smallest absolute Gasteiger partial charge is 0.478 e. The molecule has 13 heteroatoms. The molecule has 0 aromatic heterocycles. The molecule has 0 amide bonds. The van der Waals surface area contributed by atoms with Crippen molar-refractivity contribution in [2.75, 3.05) is 19.8 Å². The molecule has 0 atom stereocenters. The van der Waals surface area contributed by atoms with Gasteiger partial charge >= 0.3 is 20.7 Å². The van der Waals surface area contributed by atoms with Crippen LogP contribution in [0.4, 0.5) is 0 Å². The van der Waals surface area contributed by atoms with Gasteiger partial charge in [0.1, 0.15) is 0 Å². The van der Waals surface area contributed by atoms with Crippen LogP contribution in [0.3, 0.4) is 0 Å². The van der Waals surface area contributed by atoms with Crippen molar-refractivity contribution in [3.05, 3.63) is 11.6 Å². The van der Waals surface area contributed by atoms with Crippen LogP contribution in [0.25, 0.3) is 0 Å². The molecule has 0 saturated carbocycles. The number of hydrogen-bond acceptors (Lipinski definition) is 7. The number of carboxylic acids is 2. The standard InChI is InChI=1S/C13H24O7Si.C7H22O2Si3/c1-4-18-21(19-5-2,20-6-3)9-7-8-11(13(16)17)10-12(14)15;1-10(8-11(2,3)4)9-12(5,6)7/h10H,4-9H2,1-3H3,(H,14,15)(H,16,17);10H,1-7H3/b11-10-;. The van der Waals surface area contributed by atoms with E-state index in [2.05, 4.69) is 45.8 Å². The minimum Gasteiger partial charge on any atom is -0.478 e. The first-order valence-corrected chi connectivity index (χ1v) is 22.3. The lowest BCUT2D eigenvalue weighted by atomic mass is 10.1. The van der Waals surface area contributed by atoms with Crippen molar-refractivity contribution in [1.82, 2.24) is 0 Å². The number of hydrogen-bond donors (Lipinski definition) is 2. The number of carbonyl (C=O) groups is 2. The highest BCUT2D eigenvalue weighted by atomic mass is 28.4. The van der Waals surface area contributed by atoms with Crippen LogP contribution < -0.4 is 0 Å². The minimum atomic E-state index is -2.80. The van der Waals surface area contributed by atoms with E-state index in [4.69, 9.17) is 31.7 Å². The topological polar surface area (TPSA) is 121 Å². The van der Waals surface area contributed by atoms with Crippen molar-refractivity contribution in [2.45, 2.75) is 85.5 Å². The molecule has 0 unspecified atom stereocenters. The fourth-order valence-corrected chi connectivity index (χ4v) is 14.1. The van der Waals surface area contributed by atoms with E-state index in [9.17, 15) is 9.59 Å². The van der Waals surface area contributed by atoms with Crippen molar-refractivity contribution in [3.63, 3.8) is 0 Å². The third-order valence-corrected chi connectivity index (χ3v) is 15.1. The van der Waals surface area contributed by atoms with Gasteiger partial charge in [0, 0.05) is 37.5 Å². The van der Waals surface area contributed by atoms with Crippen LogP contribution in [0.15, 0.2) is 11.6 Å². The van der Waals surface area contributed by atoms with Gasteiger partial charge in [-0.2, -0.15) is 0 Å². The molecule has 0 spiro atoms. The summed E-state index contributed by atoms with van der Waals surface area (Å²) in [5.74, 6) is -2.50. The van der Waals surface area contributed by atoms with Crippen LogP contribution in [-0.2, 0) is 31.1 Å². The fraction of sp³-hybridized carbons (Fsp3) is 0.800. The maximum absolute atomic E-state index is 11.0. The molecule has 0 fully saturated rings. The van der Waals surface area contributed by atoms with Crippen molar-refractivity contribution < 1.29 is 41.3 Å². The summed E-state index contributed by atoms with van der Waals surface area (Å²) in [5.41, 5.74) is -0.144. The fourth-order valence-electron chi connectivity index (χ4n) is 2.91. The van der Waals surface area contributed by atoms with Gasteiger partial charge in [-0.3, -0.25) is 0 Å². The molecule has 0 saturated heterocycles. The highest BCUT2D eigenvalue weighted by Crippen LogP contribution is 2.21. The van der Waals surface area contributed by atoms with Gasteiger partial charge in [-0.05, 0) is 79.4 Å². The summed E-state index contributed by atoms with van der Waals surface area (Å²) in [4.78, 5) is 21.5. The Morgan fingerprint density at radius 1 is 0.818 bits per heavy atom. The Kier molecular flexibility index (Phi) is 17.7. The quantitative estimate of drug-likeness (QED) is 0.215. The van der Waals surface area contributed by atoms with Gasteiger partial charge in [-0.15, -0.1) is 0 Å². The zero-order valence-corrected chi connectivity index (χ0v) is 26.3. The van der Waals surface area contributed by atoms with Gasteiger partial charge in [0.15, 0.2) is 16.6 Å². The van der Waals surface area contributed by atoms with Crippen LogP contribution in [0.1, 0.15) is 33.6 Å². The third kappa shape index (κ3) is 20.4. The highest BCUT2D eigenvalue weighted by molar-refractivity contribution is 6.80. The molecule has 9 nitrogen and oxygen atoms in total. The lowest BCUT2D eigenvalue weighted by Crippen LogP contribution is -2.45. The number of carboxylic acid groups (broad SMARTS) is 2. The Hall–Kier alpha value is -0.652. The van der Waals surface area contributed by atoms with Gasteiger partial charge in [0.2, 0.25) is 0 Å². The second kappa shape index (κ2) is 16.9. The maximum Gasteiger partial charge on any atom is 0.500 e. The Labute approximate surface area is 204 Å². The first-order valence-electron chi connectivity index (χ1n) is 11.4. The zero-order valence-electron chi connectivity index (χ0n) is 22.1. The number of rotatable bonds is 16. The summed E-state index contributed by atoms with van der Waals surface area (Å²) in [6, 6.07) is 0.451. The summed E-state index contributed by atoms with van der Waals surface area (Å²) >= 11 is 0. The van der Waals surface area contributed by atoms with E-state index in [1.54, 1.807) is 0 Å². The second-order valence-corrected chi connectivity index (χ2v) is 23.4. The molecule has 0 radical (unpaired) electrons. The molecule has 0 bridgehead atoms. The summed E-state index contributed by atoms with van der Waals surface area (Å²) in [6.45, 7) is 22.3. The van der Waals surface area contributed by atoms with Crippen molar-refractivity contribution in [1.29, 1.82) is 0 Å². The maximum atomic E-state index is 11.0. The normalized spacial score (nSPS) is 13.0. The van der Waals surface area contributed by atoms with Gasteiger partial charge in [0.05, 0.1) is 0 Å². The Bertz CT molecular complexity index is 568. The molecular formula is C20H46O9Si4. The molecule has 33 heavy (non-hydrogen) atoms. The van der Waals surface area contributed by atoms with Gasteiger partial charge in [-0.1, -0.05) is 0 Å². The SMILES string of the molecule is CCO[Si](CCC/C(=C/C(=O)O)C(=O)O)(OCC)OCC.C[SiH](O[Si](C)(C)C)O[Si](C)(C)C. The average molecular weight is 543 g/mol.